The van der Waals surface area contributed by atoms with E-state index in [1.165, 1.54) is 11.3 Å². The Kier molecular flexibility index (Phi) is 4.91. The number of hydrogen-bond acceptors (Lipinski definition) is 4. The fourth-order valence-electron chi connectivity index (χ4n) is 2.47. The number of para-hydroxylation sites is 1. The Morgan fingerprint density at radius 1 is 1.12 bits per heavy atom. The summed E-state index contributed by atoms with van der Waals surface area (Å²) in [6.45, 7) is 2.31. The van der Waals surface area contributed by atoms with Crippen molar-refractivity contribution in [3.63, 3.8) is 0 Å². The summed E-state index contributed by atoms with van der Waals surface area (Å²) >= 11 is 1.53. The molecule has 0 fully saturated rings. The highest BCUT2D eigenvalue weighted by Gasteiger charge is 2.18. The van der Waals surface area contributed by atoms with Crippen LogP contribution in [0.2, 0.25) is 0 Å². The van der Waals surface area contributed by atoms with E-state index >= 15 is 0 Å². The summed E-state index contributed by atoms with van der Waals surface area (Å²) in [5, 5.41) is 3.81. The molecule has 2 aromatic carbocycles. The van der Waals surface area contributed by atoms with Gasteiger partial charge < -0.3 is 10.1 Å². The molecule has 0 spiro atoms. The largest absolute Gasteiger partial charge is 0.496 e. The Balaban J connectivity index is 1.81. The van der Waals surface area contributed by atoms with Crippen LogP contribution in [0.4, 0.5) is 0 Å². The molecule has 3 rings (SSSR count). The topological polar surface area (TPSA) is 51.2 Å². The molecule has 0 bridgehead atoms. The summed E-state index contributed by atoms with van der Waals surface area (Å²) in [6, 6.07) is 17.5. The zero-order valence-electron chi connectivity index (χ0n) is 13.6. The Labute approximate surface area is 145 Å². The van der Waals surface area contributed by atoms with Crippen LogP contribution in [0, 0.1) is 6.92 Å². The average molecular weight is 338 g/mol. The molecule has 1 heterocycles. The molecule has 0 saturated heterocycles. The summed E-state index contributed by atoms with van der Waals surface area (Å²) in [5.41, 5.74) is 2.41. The highest BCUT2D eigenvalue weighted by Crippen LogP contribution is 2.30. The Morgan fingerprint density at radius 3 is 2.58 bits per heavy atom. The molecular weight excluding hydrogens is 320 g/mol. The molecule has 1 aromatic heterocycles. The quantitative estimate of drug-likeness (QED) is 0.763. The third-order valence-corrected chi connectivity index (χ3v) is 4.64. The van der Waals surface area contributed by atoms with E-state index in [-0.39, 0.29) is 5.91 Å². The van der Waals surface area contributed by atoms with Crippen molar-refractivity contribution < 1.29 is 9.53 Å². The van der Waals surface area contributed by atoms with Gasteiger partial charge in [0.1, 0.15) is 11.4 Å². The lowest BCUT2D eigenvalue weighted by molar-refractivity contribution is 0.0947. The highest BCUT2D eigenvalue weighted by molar-refractivity contribution is 7.15. The highest BCUT2D eigenvalue weighted by atomic mass is 32.1. The van der Waals surface area contributed by atoms with Gasteiger partial charge in [0.2, 0.25) is 0 Å². The van der Waals surface area contributed by atoms with Gasteiger partial charge >= 0.3 is 0 Å². The number of aromatic nitrogens is 1. The van der Waals surface area contributed by atoms with Crippen LogP contribution < -0.4 is 10.1 Å². The van der Waals surface area contributed by atoms with Crippen LogP contribution in [0.1, 0.15) is 21.1 Å². The van der Waals surface area contributed by atoms with E-state index in [2.05, 4.69) is 10.3 Å². The van der Waals surface area contributed by atoms with Crippen LogP contribution >= 0.6 is 11.3 Å². The monoisotopic (exact) mass is 338 g/mol. The normalized spacial score (nSPS) is 10.4. The summed E-state index contributed by atoms with van der Waals surface area (Å²) in [7, 11) is 1.62. The molecule has 0 aliphatic carbocycles. The van der Waals surface area contributed by atoms with E-state index < -0.39 is 0 Å². The molecule has 122 valence electrons. The van der Waals surface area contributed by atoms with E-state index in [1.807, 2.05) is 61.5 Å². The zero-order chi connectivity index (χ0) is 16.9. The predicted molar refractivity (Wildman–Crippen MR) is 96.5 cm³/mol. The molecule has 0 aliphatic rings. The van der Waals surface area contributed by atoms with Gasteiger partial charge in [-0.3, -0.25) is 4.79 Å². The maximum atomic E-state index is 12.6. The van der Waals surface area contributed by atoms with E-state index in [0.29, 0.717) is 12.2 Å². The lowest BCUT2D eigenvalue weighted by atomic mass is 10.1. The van der Waals surface area contributed by atoms with Crippen LogP contribution in [0.3, 0.4) is 0 Å². The SMILES string of the molecule is COc1ccccc1CNC(=O)c1nc(C)sc1-c1ccccc1. The van der Waals surface area contributed by atoms with Crippen LogP contribution in [0.5, 0.6) is 5.75 Å². The van der Waals surface area contributed by atoms with Gasteiger partial charge in [0.25, 0.3) is 5.91 Å². The number of ether oxygens (including phenoxy) is 1. The minimum absolute atomic E-state index is 0.177. The number of benzene rings is 2. The molecule has 1 amide bonds. The smallest absolute Gasteiger partial charge is 0.271 e. The molecule has 4 nitrogen and oxygen atoms in total. The molecule has 0 saturated carbocycles. The lowest BCUT2D eigenvalue weighted by Crippen LogP contribution is -2.24. The summed E-state index contributed by atoms with van der Waals surface area (Å²) in [6.07, 6.45) is 0. The fourth-order valence-corrected chi connectivity index (χ4v) is 3.40. The van der Waals surface area contributed by atoms with Gasteiger partial charge in [0.05, 0.1) is 17.0 Å². The number of methoxy groups -OCH3 is 1. The second-order valence-corrected chi connectivity index (χ2v) is 6.47. The van der Waals surface area contributed by atoms with Crippen molar-refractivity contribution in [3.8, 4) is 16.2 Å². The van der Waals surface area contributed by atoms with Crippen LogP contribution in [-0.4, -0.2) is 18.0 Å². The molecule has 0 unspecified atom stereocenters. The number of amides is 1. The zero-order valence-corrected chi connectivity index (χ0v) is 14.4. The Morgan fingerprint density at radius 2 is 1.83 bits per heavy atom. The summed E-state index contributed by atoms with van der Waals surface area (Å²) < 4.78 is 5.32. The second kappa shape index (κ2) is 7.27. The first-order chi connectivity index (χ1) is 11.7. The van der Waals surface area contributed by atoms with Gasteiger partial charge in [-0.1, -0.05) is 48.5 Å². The predicted octanol–water partition coefficient (Wildman–Crippen LogP) is 4.06. The standard InChI is InChI=1S/C19H18N2O2S/c1-13-21-17(18(24-13)14-8-4-3-5-9-14)19(22)20-12-15-10-6-7-11-16(15)23-2/h3-11H,12H2,1-2H3,(H,20,22). The first kappa shape index (κ1) is 16.2. The molecule has 0 atom stereocenters. The first-order valence-corrected chi connectivity index (χ1v) is 8.43. The molecule has 5 heteroatoms. The van der Waals surface area contributed by atoms with Crippen molar-refractivity contribution in [1.29, 1.82) is 0 Å². The molecule has 1 N–H and O–H groups in total. The third kappa shape index (κ3) is 3.46. The molecule has 0 radical (unpaired) electrons. The van der Waals surface area contributed by atoms with Gasteiger partial charge in [-0.2, -0.15) is 0 Å². The van der Waals surface area contributed by atoms with Crippen LogP contribution in [0.25, 0.3) is 10.4 Å². The number of rotatable bonds is 5. The first-order valence-electron chi connectivity index (χ1n) is 7.62. The van der Waals surface area contributed by atoms with Gasteiger partial charge in [-0.15, -0.1) is 11.3 Å². The molecular formula is C19H18N2O2S. The minimum atomic E-state index is -0.177. The maximum Gasteiger partial charge on any atom is 0.271 e. The van der Waals surface area contributed by atoms with Crippen molar-refractivity contribution in [2.45, 2.75) is 13.5 Å². The third-order valence-electron chi connectivity index (χ3n) is 3.62. The number of nitrogens with zero attached hydrogens (tertiary/aromatic N) is 1. The van der Waals surface area contributed by atoms with Gasteiger partial charge in [-0.25, -0.2) is 4.98 Å². The lowest BCUT2D eigenvalue weighted by Gasteiger charge is -2.09. The fraction of sp³-hybridized carbons (Fsp3) is 0.158. The number of carbonyl (C=O) groups excluding carboxylic acids is 1. The van der Waals surface area contributed by atoms with Gasteiger partial charge in [0, 0.05) is 12.1 Å². The van der Waals surface area contributed by atoms with E-state index in [4.69, 9.17) is 4.74 Å². The van der Waals surface area contributed by atoms with Crippen molar-refractivity contribution in [2.24, 2.45) is 0 Å². The number of hydrogen-bond donors (Lipinski definition) is 1. The molecule has 0 aliphatic heterocycles. The van der Waals surface area contributed by atoms with Crippen molar-refractivity contribution >= 4 is 17.2 Å². The number of carbonyl (C=O) groups is 1. The second-order valence-electron chi connectivity index (χ2n) is 5.27. The van der Waals surface area contributed by atoms with Crippen molar-refractivity contribution in [3.05, 3.63) is 70.9 Å². The van der Waals surface area contributed by atoms with E-state index in [9.17, 15) is 4.79 Å². The Bertz CT molecular complexity index is 844. The van der Waals surface area contributed by atoms with Crippen molar-refractivity contribution in [1.82, 2.24) is 10.3 Å². The van der Waals surface area contributed by atoms with Crippen molar-refractivity contribution in [2.75, 3.05) is 7.11 Å². The average Bonchev–Trinajstić information content (AvgIpc) is 3.02. The number of aryl methyl sites for hydroxylation is 1. The van der Waals surface area contributed by atoms with Crippen LogP contribution in [0.15, 0.2) is 54.6 Å². The van der Waals surface area contributed by atoms with Gasteiger partial charge in [0.15, 0.2) is 0 Å². The number of nitrogens with one attached hydrogen (secondary N) is 1. The Hall–Kier alpha value is -2.66. The van der Waals surface area contributed by atoms with Crippen LogP contribution in [-0.2, 0) is 6.54 Å². The molecule has 3 aromatic rings. The molecule has 24 heavy (non-hydrogen) atoms. The van der Waals surface area contributed by atoms with Gasteiger partial charge in [-0.05, 0) is 18.6 Å². The van der Waals surface area contributed by atoms with E-state index in [1.54, 1.807) is 7.11 Å². The maximum absolute atomic E-state index is 12.6. The van der Waals surface area contributed by atoms with E-state index in [0.717, 1.165) is 26.8 Å². The number of thiazole rings is 1. The minimum Gasteiger partial charge on any atom is -0.496 e. The summed E-state index contributed by atoms with van der Waals surface area (Å²) in [4.78, 5) is 17.9. The summed E-state index contributed by atoms with van der Waals surface area (Å²) in [5.74, 6) is 0.583.